The van der Waals surface area contributed by atoms with Gasteiger partial charge in [-0.05, 0) is 36.4 Å². The summed E-state index contributed by atoms with van der Waals surface area (Å²) in [6, 6.07) is 10.7. The molecule has 24 heavy (non-hydrogen) atoms. The molecule has 0 radical (unpaired) electrons. The largest absolute Gasteiger partial charge is 0.680 e. The second-order valence-electron chi connectivity index (χ2n) is 4.81. The predicted octanol–water partition coefficient (Wildman–Crippen LogP) is 3.50. The molecule has 0 saturated heterocycles. The maximum absolute atomic E-state index is 5.82. The van der Waals surface area contributed by atoms with Gasteiger partial charge in [0.25, 0.3) is 0 Å². The molecule has 0 N–H and O–H groups in total. The van der Waals surface area contributed by atoms with Gasteiger partial charge in [0.2, 0.25) is 0 Å². The summed E-state index contributed by atoms with van der Waals surface area (Å²) >= 11 is 0. The van der Waals surface area contributed by atoms with E-state index in [0.29, 0.717) is 17.3 Å². The normalized spacial score (nSPS) is 11.9. The summed E-state index contributed by atoms with van der Waals surface area (Å²) in [6.07, 6.45) is 4.71. The van der Waals surface area contributed by atoms with E-state index in [-0.39, 0.29) is 19.8 Å². The number of rotatable bonds is 10. The van der Waals surface area contributed by atoms with E-state index in [1.54, 1.807) is 55.2 Å². The van der Waals surface area contributed by atoms with Gasteiger partial charge in [-0.2, -0.15) is 0 Å². The molecule has 0 aromatic carbocycles. The molecule has 7 nitrogen and oxygen atoms in total. The standard InChI is InChI=1S/C16H18O7Si/c1-17-24(21-11-14-5-2-8-18-14,22-12-15-6-3-9-19-15)23-13-16-7-4-10-20-16/h2-10H,11-13H2,1H3. The van der Waals surface area contributed by atoms with Crippen LogP contribution in [0.1, 0.15) is 17.3 Å². The highest BCUT2D eigenvalue weighted by Gasteiger charge is 2.45. The van der Waals surface area contributed by atoms with Gasteiger partial charge in [-0.1, -0.05) is 0 Å². The molecule has 0 aliphatic rings. The lowest BCUT2D eigenvalue weighted by molar-refractivity contribution is -0.0438. The Hall–Kier alpha value is -2.10. The zero-order chi connectivity index (χ0) is 16.7. The quantitative estimate of drug-likeness (QED) is 0.518. The highest BCUT2D eigenvalue weighted by Crippen LogP contribution is 2.19. The van der Waals surface area contributed by atoms with Crippen molar-refractivity contribution in [2.24, 2.45) is 0 Å². The van der Waals surface area contributed by atoms with Gasteiger partial charge in [0.1, 0.15) is 17.3 Å². The lowest BCUT2D eigenvalue weighted by Gasteiger charge is -2.25. The van der Waals surface area contributed by atoms with E-state index in [1.807, 2.05) is 0 Å². The van der Waals surface area contributed by atoms with Gasteiger partial charge in [-0.15, -0.1) is 0 Å². The molecule has 3 rings (SSSR count). The average molecular weight is 350 g/mol. The Kier molecular flexibility index (Phi) is 5.67. The molecule has 3 aromatic rings. The monoisotopic (exact) mass is 350 g/mol. The van der Waals surface area contributed by atoms with Crippen LogP contribution in [0.25, 0.3) is 0 Å². The van der Waals surface area contributed by atoms with E-state index in [9.17, 15) is 0 Å². The number of hydrogen-bond donors (Lipinski definition) is 0. The van der Waals surface area contributed by atoms with Crippen molar-refractivity contribution < 1.29 is 31.0 Å². The average Bonchev–Trinajstić information content (AvgIpc) is 3.37. The van der Waals surface area contributed by atoms with Crippen molar-refractivity contribution in [2.75, 3.05) is 7.11 Å². The summed E-state index contributed by atoms with van der Waals surface area (Å²) in [5, 5.41) is 0. The van der Waals surface area contributed by atoms with Crippen LogP contribution in [-0.2, 0) is 37.5 Å². The SMILES string of the molecule is CO[Si](OCc1ccco1)(OCc1ccco1)OCc1ccco1. The minimum Gasteiger partial charge on any atom is -0.467 e. The summed E-state index contributed by atoms with van der Waals surface area (Å²) in [7, 11) is -1.93. The van der Waals surface area contributed by atoms with E-state index in [2.05, 4.69) is 0 Å². The van der Waals surface area contributed by atoms with Gasteiger partial charge >= 0.3 is 9.05 Å². The Morgan fingerprint density at radius 3 is 1.33 bits per heavy atom. The van der Waals surface area contributed by atoms with Crippen LogP contribution in [0.2, 0.25) is 0 Å². The first kappa shape index (κ1) is 16.7. The fourth-order valence-electron chi connectivity index (χ4n) is 1.96. The Morgan fingerprint density at radius 1 is 0.708 bits per heavy atom. The highest BCUT2D eigenvalue weighted by atomic mass is 28.4. The molecule has 8 heteroatoms. The van der Waals surface area contributed by atoms with Gasteiger partial charge in [0, 0.05) is 7.11 Å². The van der Waals surface area contributed by atoms with E-state index in [4.69, 9.17) is 31.0 Å². The topological polar surface area (TPSA) is 76.3 Å². The number of furan rings is 3. The Labute approximate surface area is 140 Å². The summed E-state index contributed by atoms with van der Waals surface area (Å²) < 4.78 is 38.7. The minimum absolute atomic E-state index is 0.170. The first-order valence-electron chi connectivity index (χ1n) is 7.34. The molecule has 0 bridgehead atoms. The van der Waals surface area contributed by atoms with Crippen LogP contribution in [0.15, 0.2) is 68.4 Å². The Morgan fingerprint density at radius 2 is 1.08 bits per heavy atom. The molecule has 0 spiro atoms. The van der Waals surface area contributed by atoms with Crippen molar-refractivity contribution in [3.8, 4) is 0 Å². The molecule has 0 atom stereocenters. The van der Waals surface area contributed by atoms with Crippen molar-refractivity contribution in [3.63, 3.8) is 0 Å². The maximum atomic E-state index is 5.82. The molecule has 0 amide bonds. The lowest BCUT2D eigenvalue weighted by Crippen LogP contribution is -2.47. The minimum atomic E-state index is -3.42. The fourth-order valence-corrected chi connectivity index (χ4v) is 3.53. The summed E-state index contributed by atoms with van der Waals surface area (Å²) in [5.74, 6) is 1.94. The summed E-state index contributed by atoms with van der Waals surface area (Å²) in [5.41, 5.74) is 0. The van der Waals surface area contributed by atoms with Gasteiger partial charge in [-0.25, -0.2) is 0 Å². The molecule has 0 fully saturated rings. The lowest BCUT2D eigenvalue weighted by atomic mass is 10.5. The van der Waals surface area contributed by atoms with Gasteiger partial charge < -0.3 is 31.0 Å². The molecular formula is C16H18O7Si. The van der Waals surface area contributed by atoms with Crippen LogP contribution in [0, 0.1) is 0 Å². The van der Waals surface area contributed by atoms with Crippen molar-refractivity contribution >= 4 is 9.05 Å². The molecule has 0 unspecified atom stereocenters. The number of hydrogen-bond acceptors (Lipinski definition) is 7. The second-order valence-corrected chi connectivity index (χ2v) is 7.08. The van der Waals surface area contributed by atoms with Gasteiger partial charge in [-0.3, -0.25) is 0 Å². The third kappa shape index (κ3) is 4.46. The zero-order valence-corrected chi connectivity index (χ0v) is 14.2. The van der Waals surface area contributed by atoms with Crippen LogP contribution in [0.3, 0.4) is 0 Å². The maximum Gasteiger partial charge on any atom is 0.680 e. The first-order chi connectivity index (χ1) is 11.8. The van der Waals surface area contributed by atoms with E-state index >= 15 is 0 Å². The molecular weight excluding hydrogens is 332 g/mol. The van der Waals surface area contributed by atoms with E-state index < -0.39 is 9.05 Å². The fraction of sp³-hybridized carbons (Fsp3) is 0.250. The Balaban J connectivity index is 1.66. The molecule has 128 valence electrons. The van der Waals surface area contributed by atoms with Crippen LogP contribution in [-0.4, -0.2) is 16.2 Å². The van der Waals surface area contributed by atoms with Crippen LogP contribution in [0.5, 0.6) is 0 Å². The van der Waals surface area contributed by atoms with Crippen molar-refractivity contribution in [1.29, 1.82) is 0 Å². The molecule has 0 aliphatic carbocycles. The summed E-state index contributed by atoms with van der Waals surface area (Å²) in [4.78, 5) is 0. The third-order valence-electron chi connectivity index (χ3n) is 3.16. The van der Waals surface area contributed by atoms with Crippen LogP contribution < -0.4 is 0 Å². The van der Waals surface area contributed by atoms with Crippen LogP contribution >= 0.6 is 0 Å². The van der Waals surface area contributed by atoms with E-state index in [1.165, 1.54) is 7.11 Å². The third-order valence-corrected chi connectivity index (χ3v) is 5.16. The van der Waals surface area contributed by atoms with E-state index in [0.717, 1.165) is 0 Å². The van der Waals surface area contributed by atoms with Gasteiger partial charge in [0.05, 0.1) is 38.6 Å². The second kappa shape index (κ2) is 8.13. The smallest absolute Gasteiger partial charge is 0.467 e. The molecule has 3 aromatic heterocycles. The van der Waals surface area contributed by atoms with Crippen molar-refractivity contribution in [1.82, 2.24) is 0 Å². The van der Waals surface area contributed by atoms with Crippen LogP contribution in [0.4, 0.5) is 0 Å². The highest BCUT2D eigenvalue weighted by molar-refractivity contribution is 6.53. The first-order valence-corrected chi connectivity index (χ1v) is 8.97. The molecule has 0 aliphatic heterocycles. The van der Waals surface area contributed by atoms with Crippen molar-refractivity contribution in [3.05, 3.63) is 72.5 Å². The summed E-state index contributed by atoms with van der Waals surface area (Å²) in [6.45, 7) is 0.510. The zero-order valence-electron chi connectivity index (χ0n) is 13.2. The molecule has 0 saturated carbocycles. The van der Waals surface area contributed by atoms with Gasteiger partial charge in [0.15, 0.2) is 0 Å². The predicted molar refractivity (Wildman–Crippen MR) is 83.3 cm³/mol. The van der Waals surface area contributed by atoms with Crippen molar-refractivity contribution in [2.45, 2.75) is 19.8 Å². The molecule has 3 heterocycles. The Bertz CT molecular complexity index is 582.